The van der Waals surface area contributed by atoms with Crippen LogP contribution in [0.3, 0.4) is 0 Å². The highest BCUT2D eigenvalue weighted by Crippen LogP contribution is 2.24. The Kier molecular flexibility index (Phi) is 2.78. The van der Waals surface area contributed by atoms with E-state index in [0.717, 1.165) is 5.56 Å². The first kappa shape index (κ1) is 9.86. The van der Waals surface area contributed by atoms with Crippen molar-refractivity contribution in [1.82, 2.24) is 0 Å². The quantitative estimate of drug-likeness (QED) is 0.601. The molecule has 0 amide bonds. The third kappa shape index (κ3) is 2.12. The molecule has 5 N–H and O–H groups in total. The van der Waals surface area contributed by atoms with Crippen molar-refractivity contribution in [2.24, 2.45) is 0 Å². The minimum absolute atomic E-state index is 0.0860. The monoisotopic (exact) mass is 180 g/mol. The van der Waals surface area contributed by atoms with Crippen LogP contribution in [0.15, 0.2) is 18.2 Å². The molecule has 0 saturated carbocycles. The maximum atomic E-state index is 9.36. The van der Waals surface area contributed by atoms with Gasteiger partial charge in [-0.3, -0.25) is 0 Å². The first-order chi connectivity index (χ1) is 6.02. The lowest BCUT2D eigenvalue weighted by Gasteiger charge is -2.15. The van der Waals surface area contributed by atoms with Crippen molar-refractivity contribution in [1.29, 1.82) is 0 Å². The fourth-order valence-electron chi connectivity index (χ4n) is 1.15. The van der Waals surface area contributed by atoms with E-state index in [1.807, 2.05) is 19.1 Å². The second-order valence-electron chi connectivity index (χ2n) is 3.42. The molecule has 0 saturated heterocycles. The van der Waals surface area contributed by atoms with Gasteiger partial charge in [-0.15, -0.1) is 0 Å². The largest absolute Gasteiger partial charge is 0.397 e. The summed E-state index contributed by atoms with van der Waals surface area (Å²) in [6.07, 6.45) is -0.372. The molecule has 0 aliphatic rings. The van der Waals surface area contributed by atoms with E-state index in [2.05, 4.69) is 0 Å². The van der Waals surface area contributed by atoms with Gasteiger partial charge in [-0.05, 0) is 24.6 Å². The third-order valence-corrected chi connectivity index (χ3v) is 2.36. The smallest absolute Gasteiger partial charge is 0.0577 e. The van der Waals surface area contributed by atoms with Crippen molar-refractivity contribution >= 4 is 11.4 Å². The number of nitrogen functional groups attached to an aromatic ring is 2. The summed E-state index contributed by atoms with van der Waals surface area (Å²) in [6, 6.07) is 5.47. The van der Waals surface area contributed by atoms with Crippen molar-refractivity contribution in [3.8, 4) is 0 Å². The van der Waals surface area contributed by atoms with Crippen LogP contribution >= 0.6 is 0 Å². The molecule has 1 aromatic rings. The van der Waals surface area contributed by atoms with Crippen LogP contribution in [0.5, 0.6) is 0 Å². The fourth-order valence-corrected chi connectivity index (χ4v) is 1.15. The Morgan fingerprint density at radius 3 is 2.23 bits per heavy atom. The van der Waals surface area contributed by atoms with Crippen LogP contribution in [0, 0.1) is 0 Å². The normalized spacial score (nSPS) is 15.3. The van der Waals surface area contributed by atoms with Crippen LogP contribution in [-0.2, 0) is 0 Å². The number of aliphatic hydroxyl groups excluding tert-OH is 1. The number of rotatable bonds is 2. The summed E-state index contributed by atoms with van der Waals surface area (Å²) in [7, 11) is 0. The van der Waals surface area contributed by atoms with Gasteiger partial charge in [-0.1, -0.05) is 13.0 Å². The fraction of sp³-hybridized carbons (Fsp3) is 0.400. The molecule has 2 atom stereocenters. The lowest BCUT2D eigenvalue weighted by atomic mass is 9.96. The Balaban J connectivity index is 2.97. The third-order valence-electron chi connectivity index (χ3n) is 2.36. The molecule has 1 rings (SSSR count). The minimum atomic E-state index is -0.372. The zero-order chi connectivity index (χ0) is 10.0. The second-order valence-corrected chi connectivity index (χ2v) is 3.42. The van der Waals surface area contributed by atoms with E-state index in [-0.39, 0.29) is 12.0 Å². The van der Waals surface area contributed by atoms with Crippen LogP contribution in [0.1, 0.15) is 25.3 Å². The standard InChI is InChI=1S/C10H16N2O/c1-6(7(2)13)8-3-4-9(11)10(12)5-8/h3-7,13H,11-12H2,1-2H3/t6-,7+/m1/s1. The highest BCUT2D eigenvalue weighted by molar-refractivity contribution is 5.64. The van der Waals surface area contributed by atoms with E-state index in [4.69, 9.17) is 11.5 Å². The van der Waals surface area contributed by atoms with Crippen molar-refractivity contribution in [2.75, 3.05) is 11.5 Å². The van der Waals surface area contributed by atoms with E-state index < -0.39 is 0 Å². The van der Waals surface area contributed by atoms with Crippen LogP contribution < -0.4 is 11.5 Å². The van der Waals surface area contributed by atoms with Crippen molar-refractivity contribution in [3.05, 3.63) is 23.8 Å². The van der Waals surface area contributed by atoms with Crippen molar-refractivity contribution < 1.29 is 5.11 Å². The SMILES string of the molecule is C[C@H](O)[C@@H](C)c1ccc(N)c(N)c1. The van der Waals surface area contributed by atoms with Crippen LogP contribution in [0.2, 0.25) is 0 Å². The van der Waals surface area contributed by atoms with Gasteiger partial charge in [0, 0.05) is 5.92 Å². The van der Waals surface area contributed by atoms with E-state index in [1.165, 1.54) is 0 Å². The van der Waals surface area contributed by atoms with Gasteiger partial charge in [-0.2, -0.15) is 0 Å². The molecule has 0 bridgehead atoms. The Hall–Kier alpha value is -1.22. The van der Waals surface area contributed by atoms with Gasteiger partial charge in [0.25, 0.3) is 0 Å². The van der Waals surface area contributed by atoms with E-state index in [9.17, 15) is 5.11 Å². The second kappa shape index (κ2) is 3.66. The summed E-state index contributed by atoms with van der Waals surface area (Å²) < 4.78 is 0. The van der Waals surface area contributed by atoms with Crippen molar-refractivity contribution in [2.45, 2.75) is 25.9 Å². The molecule has 0 fully saturated rings. The Morgan fingerprint density at radius 1 is 1.15 bits per heavy atom. The molecule has 0 aliphatic heterocycles. The molecular formula is C10H16N2O. The molecule has 0 unspecified atom stereocenters. The zero-order valence-corrected chi connectivity index (χ0v) is 7.99. The number of hydrogen-bond acceptors (Lipinski definition) is 3. The molecule has 3 nitrogen and oxygen atoms in total. The Labute approximate surface area is 78.4 Å². The topological polar surface area (TPSA) is 72.3 Å². The van der Waals surface area contributed by atoms with Gasteiger partial charge in [0.2, 0.25) is 0 Å². The highest BCUT2D eigenvalue weighted by atomic mass is 16.3. The maximum Gasteiger partial charge on any atom is 0.0577 e. The summed E-state index contributed by atoms with van der Waals surface area (Å²) in [6.45, 7) is 3.72. The number of nitrogens with two attached hydrogens (primary N) is 2. The molecule has 0 heterocycles. The zero-order valence-electron chi connectivity index (χ0n) is 7.99. The summed E-state index contributed by atoms with van der Waals surface area (Å²) in [5, 5.41) is 9.36. The van der Waals surface area contributed by atoms with Crippen LogP contribution in [0.4, 0.5) is 11.4 Å². The predicted molar refractivity (Wildman–Crippen MR) is 55.4 cm³/mol. The van der Waals surface area contributed by atoms with E-state index in [0.29, 0.717) is 11.4 Å². The molecular weight excluding hydrogens is 164 g/mol. The van der Waals surface area contributed by atoms with Gasteiger partial charge in [0.1, 0.15) is 0 Å². The van der Waals surface area contributed by atoms with Gasteiger partial charge in [0.05, 0.1) is 17.5 Å². The molecule has 13 heavy (non-hydrogen) atoms. The average Bonchev–Trinajstić information content (AvgIpc) is 2.08. The van der Waals surface area contributed by atoms with Gasteiger partial charge >= 0.3 is 0 Å². The van der Waals surface area contributed by atoms with Gasteiger partial charge in [-0.25, -0.2) is 0 Å². The van der Waals surface area contributed by atoms with E-state index >= 15 is 0 Å². The van der Waals surface area contributed by atoms with Crippen molar-refractivity contribution in [3.63, 3.8) is 0 Å². The predicted octanol–water partition coefficient (Wildman–Crippen LogP) is 1.34. The summed E-state index contributed by atoms with van der Waals surface area (Å²) >= 11 is 0. The molecule has 0 aliphatic carbocycles. The summed E-state index contributed by atoms with van der Waals surface area (Å²) in [5.41, 5.74) is 13.4. The minimum Gasteiger partial charge on any atom is -0.397 e. The first-order valence-electron chi connectivity index (χ1n) is 4.35. The molecule has 72 valence electrons. The van der Waals surface area contributed by atoms with E-state index in [1.54, 1.807) is 13.0 Å². The molecule has 0 aromatic heterocycles. The molecule has 1 aromatic carbocycles. The average molecular weight is 180 g/mol. The maximum absolute atomic E-state index is 9.36. The Bertz CT molecular complexity index is 297. The lowest BCUT2D eigenvalue weighted by Crippen LogP contribution is -2.11. The van der Waals surface area contributed by atoms with Gasteiger partial charge in [0.15, 0.2) is 0 Å². The van der Waals surface area contributed by atoms with Crippen LogP contribution in [0.25, 0.3) is 0 Å². The lowest BCUT2D eigenvalue weighted by molar-refractivity contribution is 0.169. The van der Waals surface area contributed by atoms with Crippen LogP contribution in [-0.4, -0.2) is 11.2 Å². The Morgan fingerprint density at radius 2 is 1.77 bits per heavy atom. The first-order valence-corrected chi connectivity index (χ1v) is 4.35. The number of hydrogen-bond donors (Lipinski definition) is 3. The molecule has 0 spiro atoms. The highest BCUT2D eigenvalue weighted by Gasteiger charge is 2.11. The summed E-state index contributed by atoms with van der Waals surface area (Å²) in [5.74, 6) is 0.0860. The summed E-state index contributed by atoms with van der Waals surface area (Å²) in [4.78, 5) is 0. The number of benzene rings is 1. The van der Waals surface area contributed by atoms with Gasteiger partial charge < -0.3 is 16.6 Å². The number of aliphatic hydroxyl groups is 1. The number of anilines is 2. The molecule has 3 heteroatoms. The molecule has 0 radical (unpaired) electrons.